The van der Waals surface area contributed by atoms with Gasteiger partial charge in [0.1, 0.15) is 12.6 Å². The standard InChI is InChI=1S/C16H23NO4/c1-4-12(3)14(15(18)20-5-2)17-16(19)21-11-13-9-7-6-8-10-13/h6-10,12,14H,4-5,11H2,1-3H3,(H,17,19). The molecule has 0 aliphatic rings. The van der Waals surface area contributed by atoms with Gasteiger partial charge in [-0.15, -0.1) is 0 Å². The summed E-state index contributed by atoms with van der Waals surface area (Å²) in [6.45, 7) is 6.03. The Morgan fingerprint density at radius 2 is 1.81 bits per heavy atom. The quantitative estimate of drug-likeness (QED) is 0.785. The van der Waals surface area contributed by atoms with Gasteiger partial charge in [0.25, 0.3) is 0 Å². The third-order valence-corrected chi connectivity index (χ3v) is 3.24. The summed E-state index contributed by atoms with van der Waals surface area (Å²) in [5.41, 5.74) is 0.892. The van der Waals surface area contributed by atoms with E-state index in [0.717, 1.165) is 12.0 Å². The van der Waals surface area contributed by atoms with Crippen LogP contribution in [0.15, 0.2) is 30.3 Å². The van der Waals surface area contributed by atoms with Gasteiger partial charge in [-0.2, -0.15) is 0 Å². The normalized spacial score (nSPS) is 13.1. The molecule has 5 nitrogen and oxygen atoms in total. The number of esters is 1. The van der Waals surface area contributed by atoms with Crippen molar-refractivity contribution in [3.63, 3.8) is 0 Å². The highest BCUT2D eigenvalue weighted by molar-refractivity contribution is 5.81. The molecule has 0 aromatic heterocycles. The molecule has 1 amide bonds. The summed E-state index contributed by atoms with van der Waals surface area (Å²) in [6, 6.07) is 8.69. The van der Waals surface area contributed by atoms with Crippen molar-refractivity contribution >= 4 is 12.1 Å². The average molecular weight is 293 g/mol. The van der Waals surface area contributed by atoms with Crippen LogP contribution in [0.5, 0.6) is 0 Å². The summed E-state index contributed by atoms with van der Waals surface area (Å²) in [7, 11) is 0. The Bertz CT molecular complexity index is 447. The van der Waals surface area contributed by atoms with E-state index in [1.165, 1.54) is 0 Å². The van der Waals surface area contributed by atoms with Crippen LogP contribution in [0.25, 0.3) is 0 Å². The van der Waals surface area contributed by atoms with Crippen molar-refractivity contribution in [3.05, 3.63) is 35.9 Å². The highest BCUT2D eigenvalue weighted by Gasteiger charge is 2.27. The molecule has 0 spiro atoms. The molecule has 21 heavy (non-hydrogen) atoms. The predicted molar refractivity (Wildman–Crippen MR) is 79.6 cm³/mol. The third kappa shape index (κ3) is 5.85. The van der Waals surface area contributed by atoms with E-state index >= 15 is 0 Å². The van der Waals surface area contributed by atoms with Gasteiger partial charge in [-0.3, -0.25) is 0 Å². The molecule has 5 heteroatoms. The number of ether oxygens (including phenoxy) is 2. The lowest BCUT2D eigenvalue weighted by Gasteiger charge is -2.22. The molecular weight excluding hydrogens is 270 g/mol. The molecule has 0 aliphatic carbocycles. The smallest absolute Gasteiger partial charge is 0.408 e. The molecule has 0 heterocycles. The zero-order valence-corrected chi connectivity index (χ0v) is 12.8. The van der Waals surface area contributed by atoms with Crippen LogP contribution in [-0.4, -0.2) is 24.7 Å². The van der Waals surface area contributed by atoms with Crippen molar-refractivity contribution < 1.29 is 19.1 Å². The molecule has 1 aromatic rings. The highest BCUT2D eigenvalue weighted by atomic mass is 16.6. The number of benzene rings is 1. The van der Waals surface area contributed by atoms with Crippen molar-refractivity contribution in [2.75, 3.05) is 6.61 Å². The lowest BCUT2D eigenvalue weighted by molar-refractivity contribution is -0.146. The van der Waals surface area contributed by atoms with Gasteiger partial charge in [-0.25, -0.2) is 9.59 Å². The van der Waals surface area contributed by atoms with Gasteiger partial charge in [-0.1, -0.05) is 50.6 Å². The van der Waals surface area contributed by atoms with Gasteiger partial charge in [0.2, 0.25) is 0 Å². The Morgan fingerprint density at radius 1 is 1.14 bits per heavy atom. The first kappa shape index (κ1) is 17.0. The van der Waals surface area contributed by atoms with Gasteiger partial charge in [0.15, 0.2) is 0 Å². The molecule has 0 radical (unpaired) electrons. The van der Waals surface area contributed by atoms with Crippen LogP contribution in [0.4, 0.5) is 4.79 Å². The van der Waals surface area contributed by atoms with E-state index in [1.807, 2.05) is 44.2 Å². The topological polar surface area (TPSA) is 64.6 Å². The van der Waals surface area contributed by atoms with Crippen molar-refractivity contribution in [3.8, 4) is 0 Å². The second kappa shape index (κ2) is 9.00. The molecule has 116 valence electrons. The second-order valence-corrected chi connectivity index (χ2v) is 4.82. The van der Waals surface area contributed by atoms with Crippen LogP contribution < -0.4 is 5.32 Å². The predicted octanol–water partition coefficient (Wildman–Crippen LogP) is 2.89. The first-order chi connectivity index (χ1) is 10.1. The van der Waals surface area contributed by atoms with Crippen LogP contribution in [0.3, 0.4) is 0 Å². The minimum Gasteiger partial charge on any atom is -0.464 e. The summed E-state index contributed by atoms with van der Waals surface area (Å²) in [5.74, 6) is -0.447. The molecule has 0 bridgehead atoms. The number of hydrogen-bond donors (Lipinski definition) is 1. The second-order valence-electron chi connectivity index (χ2n) is 4.82. The lowest BCUT2D eigenvalue weighted by atomic mass is 9.99. The Hall–Kier alpha value is -2.04. The number of carbonyl (C=O) groups is 2. The molecule has 0 saturated carbocycles. The maximum Gasteiger partial charge on any atom is 0.408 e. The van der Waals surface area contributed by atoms with Crippen molar-refractivity contribution in [1.82, 2.24) is 5.32 Å². The number of alkyl carbamates (subject to hydrolysis) is 1. The molecule has 1 rings (SSSR count). The summed E-state index contributed by atoms with van der Waals surface area (Å²) in [5, 5.41) is 2.59. The summed E-state index contributed by atoms with van der Waals surface area (Å²) in [6.07, 6.45) is 0.139. The Balaban J connectivity index is 2.53. The first-order valence-corrected chi connectivity index (χ1v) is 7.22. The maximum atomic E-state index is 11.9. The van der Waals surface area contributed by atoms with Crippen LogP contribution in [0.2, 0.25) is 0 Å². The van der Waals surface area contributed by atoms with Crippen molar-refractivity contribution in [2.24, 2.45) is 5.92 Å². The molecule has 2 unspecified atom stereocenters. The SMILES string of the molecule is CCOC(=O)C(NC(=O)OCc1ccccc1)C(C)CC. The summed E-state index contributed by atoms with van der Waals surface area (Å²) < 4.78 is 10.1. The minimum atomic E-state index is -0.682. The number of hydrogen-bond acceptors (Lipinski definition) is 4. The fraction of sp³-hybridized carbons (Fsp3) is 0.500. The van der Waals surface area contributed by atoms with Gasteiger partial charge in [0.05, 0.1) is 6.61 Å². The zero-order chi connectivity index (χ0) is 15.7. The molecule has 2 atom stereocenters. The van der Waals surface area contributed by atoms with Crippen LogP contribution in [0.1, 0.15) is 32.8 Å². The zero-order valence-electron chi connectivity index (χ0n) is 12.8. The summed E-state index contributed by atoms with van der Waals surface area (Å²) >= 11 is 0. The average Bonchev–Trinajstić information content (AvgIpc) is 2.51. The molecular formula is C16H23NO4. The van der Waals surface area contributed by atoms with Crippen LogP contribution in [0, 0.1) is 5.92 Å². The van der Waals surface area contributed by atoms with E-state index < -0.39 is 18.1 Å². The van der Waals surface area contributed by atoms with E-state index in [2.05, 4.69) is 5.32 Å². The van der Waals surface area contributed by atoms with Gasteiger partial charge < -0.3 is 14.8 Å². The third-order valence-electron chi connectivity index (χ3n) is 3.24. The summed E-state index contributed by atoms with van der Waals surface area (Å²) in [4.78, 5) is 23.7. The number of amides is 1. The maximum absolute atomic E-state index is 11.9. The van der Waals surface area contributed by atoms with E-state index in [9.17, 15) is 9.59 Å². The first-order valence-electron chi connectivity index (χ1n) is 7.22. The monoisotopic (exact) mass is 293 g/mol. The van der Waals surface area contributed by atoms with Crippen molar-refractivity contribution in [2.45, 2.75) is 39.8 Å². The fourth-order valence-corrected chi connectivity index (χ4v) is 1.79. The fourth-order valence-electron chi connectivity index (χ4n) is 1.79. The van der Waals surface area contributed by atoms with Gasteiger partial charge in [0, 0.05) is 0 Å². The highest BCUT2D eigenvalue weighted by Crippen LogP contribution is 2.10. The lowest BCUT2D eigenvalue weighted by Crippen LogP contribution is -2.46. The van der Waals surface area contributed by atoms with E-state index in [4.69, 9.17) is 9.47 Å². The van der Waals surface area contributed by atoms with Crippen molar-refractivity contribution in [1.29, 1.82) is 0 Å². The Morgan fingerprint density at radius 3 is 2.38 bits per heavy atom. The Labute approximate surface area is 125 Å². The molecule has 1 aromatic carbocycles. The van der Waals surface area contributed by atoms with E-state index in [1.54, 1.807) is 6.92 Å². The van der Waals surface area contributed by atoms with E-state index in [0.29, 0.717) is 0 Å². The van der Waals surface area contributed by atoms with Crippen LogP contribution in [-0.2, 0) is 20.9 Å². The van der Waals surface area contributed by atoms with E-state index in [-0.39, 0.29) is 19.1 Å². The number of carbonyl (C=O) groups excluding carboxylic acids is 2. The Kier molecular flexibility index (Phi) is 7.29. The van der Waals surface area contributed by atoms with Crippen LogP contribution >= 0.6 is 0 Å². The molecule has 1 N–H and O–H groups in total. The number of nitrogens with one attached hydrogen (secondary N) is 1. The van der Waals surface area contributed by atoms with Gasteiger partial charge >= 0.3 is 12.1 Å². The molecule has 0 aliphatic heterocycles. The molecule has 0 saturated heterocycles. The minimum absolute atomic E-state index is 0.0201. The number of rotatable bonds is 7. The van der Waals surface area contributed by atoms with Gasteiger partial charge in [-0.05, 0) is 18.4 Å². The largest absolute Gasteiger partial charge is 0.464 e. The molecule has 0 fully saturated rings.